The van der Waals surface area contributed by atoms with Crippen LogP contribution in [0.4, 0.5) is 0 Å². The van der Waals surface area contributed by atoms with Crippen molar-refractivity contribution >= 4 is 38.7 Å². The zero-order chi connectivity index (χ0) is 33.3. The standard InChI is InChI=1S/C48H34N2/c1-4-17-35(18-5-1)45-46(36-19-6-2-7-20-36)49-48(50-47(45)37-21-8-3-9-22-37)42-31-40(39-28-27-33-15-10-11-23-38(33)29-39)30-41(32-42)44-26-14-24-34-16-12-13-25-43(34)44/h1-32,46H,(H,49,50). The molecule has 0 spiro atoms. The molecule has 1 aliphatic rings. The molecular weight excluding hydrogens is 605 g/mol. The smallest absolute Gasteiger partial charge is 0.134 e. The van der Waals surface area contributed by atoms with E-state index in [1.54, 1.807) is 0 Å². The number of hydrogen-bond donors (Lipinski definition) is 1. The Hall–Kier alpha value is -6.51. The van der Waals surface area contributed by atoms with Gasteiger partial charge in [-0.25, -0.2) is 4.99 Å². The topological polar surface area (TPSA) is 24.4 Å². The highest BCUT2D eigenvalue weighted by Gasteiger charge is 2.29. The first-order chi connectivity index (χ1) is 24.8. The third kappa shape index (κ3) is 5.57. The van der Waals surface area contributed by atoms with E-state index in [4.69, 9.17) is 4.99 Å². The molecule has 0 radical (unpaired) electrons. The van der Waals surface area contributed by atoms with Crippen molar-refractivity contribution in [1.29, 1.82) is 0 Å². The van der Waals surface area contributed by atoms with Crippen LogP contribution >= 0.6 is 0 Å². The molecule has 0 amide bonds. The minimum Gasteiger partial charge on any atom is -0.359 e. The molecule has 0 saturated carbocycles. The van der Waals surface area contributed by atoms with Crippen LogP contribution in [-0.2, 0) is 0 Å². The molecule has 0 aromatic heterocycles. The molecule has 236 valence electrons. The lowest BCUT2D eigenvalue weighted by Gasteiger charge is -2.31. The Labute approximate surface area is 292 Å². The van der Waals surface area contributed by atoms with Gasteiger partial charge in [0.05, 0.1) is 11.7 Å². The quantitative estimate of drug-likeness (QED) is 0.193. The predicted molar refractivity (Wildman–Crippen MR) is 211 cm³/mol. The van der Waals surface area contributed by atoms with Crippen molar-refractivity contribution in [2.45, 2.75) is 6.04 Å². The van der Waals surface area contributed by atoms with Crippen molar-refractivity contribution in [2.75, 3.05) is 0 Å². The van der Waals surface area contributed by atoms with E-state index in [0.717, 1.165) is 44.9 Å². The molecule has 2 nitrogen and oxygen atoms in total. The first kappa shape index (κ1) is 29.6. The maximum atomic E-state index is 5.52. The summed E-state index contributed by atoms with van der Waals surface area (Å²) in [5.41, 5.74) is 11.3. The number of nitrogens with one attached hydrogen (secondary N) is 1. The fourth-order valence-corrected chi connectivity index (χ4v) is 7.26. The molecule has 1 unspecified atom stereocenters. The first-order valence-electron chi connectivity index (χ1n) is 17.2. The Morgan fingerprint density at radius 1 is 0.380 bits per heavy atom. The maximum absolute atomic E-state index is 5.52. The van der Waals surface area contributed by atoms with E-state index < -0.39 is 0 Å². The molecule has 0 bridgehead atoms. The second kappa shape index (κ2) is 12.8. The molecule has 2 heteroatoms. The zero-order valence-corrected chi connectivity index (χ0v) is 27.5. The van der Waals surface area contributed by atoms with Gasteiger partial charge in [-0.15, -0.1) is 0 Å². The van der Waals surface area contributed by atoms with Crippen molar-refractivity contribution in [1.82, 2.24) is 5.32 Å². The van der Waals surface area contributed by atoms with E-state index in [1.807, 2.05) is 0 Å². The maximum Gasteiger partial charge on any atom is 0.134 e. The number of aliphatic imine (C=N–C) groups is 1. The van der Waals surface area contributed by atoms with Crippen LogP contribution in [0.5, 0.6) is 0 Å². The number of rotatable bonds is 6. The molecule has 8 aromatic rings. The van der Waals surface area contributed by atoms with Crippen LogP contribution in [0.25, 0.3) is 55.1 Å². The zero-order valence-electron chi connectivity index (χ0n) is 27.5. The highest BCUT2D eigenvalue weighted by Crippen LogP contribution is 2.41. The summed E-state index contributed by atoms with van der Waals surface area (Å²) in [6, 6.07) is 69.3. The lowest BCUT2D eigenvalue weighted by molar-refractivity contribution is 0.800. The number of nitrogens with zero attached hydrogens (tertiary/aromatic N) is 1. The summed E-state index contributed by atoms with van der Waals surface area (Å²) in [6.45, 7) is 0. The van der Waals surface area contributed by atoms with Crippen LogP contribution in [0.2, 0.25) is 0 Å². The Kier molecular flexibility index (Phi) is 7.60. The van der Waals surface area contributed by atoms with E-state index in [-0.39, 0.29) is 6.04 Å². The minimum absolute atomic E-state index is 0.119. The Morgan fingerprint density at radius 3 is 1.76 bits per heavy atom. The molecule has 0 fully saturated rings. The number of amidine groups is 1. The second-order valence-electron chi connectivity index (χ2n) is 12.8. The number of hydrogen-bond acceptors (Lipinski definition) is 2. The van der Waals surface area contributed by atoms with Crippen LogP contribution in [0, 0.1) is 0 Å². The second-order valence-corrected chi connectivity index (χ2v) is 12.8. The lowest BCUT2D eigenvalue weighted by Crippen LogP contribution is -2.33. The molecule has 1 aliphatic heterocycles. The normalized spacial score (nSPS) is 14.4. The van der Waals surface area contributed by atoms with Crippen molar-refractivity contribution in [3.63, 3.8) is 0 Å². The largest absolute Gasteiger partial charge is 0.359 e. The van der Waals surface area contributed by atoms with Gasteiger partial charge in [-0.05, 0) is 79.2 Å². The van der Waals surface area contributed by atoms with Gasteiger partial charge in [0.25, 0.3) is 0 Å². The third-order valence-electron chi connectivity index (χ3n) is 9.70. The van der Waals surface area contributed by atoms with Crippen LogP contribution in [0.3, 0.4) is 0 Å². The third-order valence-corrected chi connectivity index (χ3v) is 9.70. The molecule has 1 N–H and O–H groups in total. The summed E-state index contributed by atoms with van der Waals surface area (Å²) in [5, 5.41) is 8.86. The van der Waals surface area contributed by atoms with Gasteiger partial charge in [-0.1, -0.05) is 170 Å². The molecule has 1 heterocycles. The van der Waals surface area contributed by atoms with Gasteiger partial charge >= 0.3 is 0 Å². The Morgan fingerprint density at radius 2 is 0.980 bits per heavy atom. The molecule has 0 aliphatic carbocycles. The van der Waals surface area contributed by atoms with E-state index in [2.05, 4.69) is 199 Å². The minimum atomic E-state index is -0.119. The van der Waals surface area contributed by atoms with Crippen LogP contribution in [0.15, 0.2) is 199 Å². The summed E-state index contributed by atoms with van der Waals surface area (Å²) < 4.78 is 0. The molecular formula is C48H34N2. The molecule has 1 atom stereocenters. The van der Waals surface area contributed by atoms with Gasteiger partial charge in [0.2, 0.25) is 0 Å². The van der Waals surface area contributed by atoms with E-state index in [9.17, 15) is 0 Å². The number of benzene rings is 8. The SMILES string of the molecule is c1ccc(C2=C(c3ccccc3)C(c3ccccc3)NC(c3cc(-c4ccc5ccccc5c4)cc(-c4cccc5ccccc45)c3)=N2)cc1. The van der Waals surface area contributed by atoms with Gasteiger partial charge in [0, 0.05) is 16.7 Å². The summed E-state index contributed by atoms with van der Waals surface area (Å²) in [6.07, 6.45) is 0. The van der Waals surface area contributed by atoms with Crippen LogP contribution in [0.1, 0.15) is 28.3 Å². The highest BCUT2D eigenvalue weighted by molar-refractivity contribution is 6.11. The lowest BCUT2D eigenvalue weighted by atomic mass is 9.87. The van der Waals surface area contributed by atoms with Gasteiger partial charge in [-0.2, -0.15) is 0 Å². The Bertz CT molecular complexity index is 2540. The van der Waals surface area contributed by atoms with E-state index in [1.165, 1.54) is 38.2 Å². The first-order valence-corrected chi connectivity index (χ1v) is 17.2. The molecule has 8 aromatic carbocycles. The van der Waals surface area contributed by atoms with Crippen molar-refractivity contribution in [2.24, 2.45) is 4.99 Å². The van der Waals surface area contributed by atoms with Crippen molar-refractivity contribution < 1.29 is 0 Å². The molecule has 50 heavy (non-hydrogen) atoms. The van der Waals surface area contributed by atoms with Crippen LogP contribution < -0.4 is 5.32 Å². The summed E-state index contributed by atoms with van der Waals surface area (Å²) >= 11 is 0. The van der Waals surface area contributed by atoms with Gasteiger partial charge in [0.1, 0.15) is 5.84 Å². The fourth-order valence-electron chi connectivity index (χ4n) is 7.26. The predicted octanol–water partition coefficient (Wildman–Crippen LogP) is 12.0. The highest BCUT2D eigenvalue weighted by atomic mass is 15.1. The average molecular weight is 639 g/mol. The van der Waals surface area contributed by atoms with Crippen molar-refractivity contribution in [3.8, 4) is 22.3 Å². The number of fused-ring (bicyclic) bond motifs is 2. The summed E-state index contributed by atoms with van der Waals surface area (Å²) in [5.74, 6) is 0.849. The summed E-state index contributed by atoms with van der Waals surface area (Å²) in [4.78, 5) is 5.52. The molecule has 0 saturated heterocycles. The monoisotopic (exact) mass is 638 g/mol. The molecule has 9 rings (SSSR count). The summed E-state index contributed by atoms with van der Waals surface area (Å²) in [7, 11) is 0. The average Bonchev–Trinajstić information content (AvgIpc) is 3.20. The Balaban J connectivity index is 1.31. The van der Waals surface area contributed by atoms with Gasteiger partial charge in [0.15, 0.2) is 0 Å². The van der Waals surface area contributed by atoms with Crippen LogP contribution in [-0.4, -0.2) is 5.84 Å². The van der Waals surface area contributed by atoms with Gasteiger partial charge < -0.3 is 5.32 Å². The van der Waals surface area contributed by atoms with E-state index >= 15 is 0 Å². The van der Waals surface area contributed by atoms with E-state index in [0.29, 0.717) is 0 Å². The fraction of sp³-hybridized carbons (Fsp3) is 0.0208. The van der Waals surface area contributed by atoms with Crippen molar-refractivity contribution in [3.05, 3.63) is 216 Å². The van der Waals surface area contributed by atoms with Gasteiger partial charge in [-0.3, -0.25) is 0 Å².